The third kappa shape index (κ3) is 3.70. The standard InChI is InChI=1S/C14H14N2O3/c1-10-3-5-12(19-10)6-7-13(17)16-11-4-8-14(18-2)15-9-11/h3-9H,1-2H3,(H,16,17)/b7-6+. The molecule has 0 aliphatic carbocycles. The van der Waals surface area contributed by atoms with Gasteiger partial charge in [0.05, 0.1) is 19.0 Å². The molecule has 0 aliphatic heterocycles. The Morgan fingerprint density at radius 2 is 2.21 bits per heavy atom. The Kier molecular flexibility index (Phi) is 3.97. The average molecular weight is 258 g/mol. The van der Waals surface area contributed by atoms with E-state index in [2.05, 4.69) is 10.3 Å². The van der Waals surface area contributed by atoms with Gasteiger partial charge >= 0.3 is 0 Å². The summed E-state index contributed by atoms with van der Waals surface area (Å²) >= 11 is 0. The molecule has 0 aliphatic rings. The number of aromatic nitrogens is 1. The molecule has 2 aromatic heterocycles. The number of hydrogen-bond acceptors (Lipinski definition) is 4. The van der Waals surface area contributed by atoms with Crippen molar-refractivity contribution in [1.82, 2.24) is 4.98 Å². The highest BCUT2D eigenvalue weighted by molar-refractivity contribution is 6.01. The minimum Gasteiger partial charge on any atom is -0.481 e. The van der Waals surface area contributed by atoms with E-state index in [0.717, 1.165) is 5.76 Å². The first-order valence-corrected chi connectivity index (χ1v) is 5.73. The van der Waals surface area contributed by atoms with Gasteiger partial charge in [-0.25, -0.2) is 4.98 Å². The lowest BCUT2D eigenvalue weighted by atomic mass is 10.3. The van der Waals surface area contributed by atoms with Gasteiger partial charge in [0.1, 0.15) is 11.5 Å². The van der Waals surface area contributed by atoms with Gasteiger partial charge in [-0.1, -0.05) is 0 Å². The molecule has 0 bridgehead atoms. The molecule has 5 heteroatoms. The summed E-state index contributed by atoms with van der Waals surface area (Å²) in [4.78, 5) is 15.6. The van der Waals surface area contributed by atoms with Crippen LogP contribution < -0.4 is 10.1 Å². The Hall–Kier alpha value is -2.56. The van der Waals surface area contributed by atoms with Gasteiger partial charge in [0.2, 0.25) is 11.8 Å². The molecule has 0 unspecified atom stereocenters. The van der Waals surface area contributed by atoms with E-state index in [1.54, 1.807) is 24.3 Å². The fraction of sp³-hybridized carbons (Fsp3) is 0.143. The minimum absolute atomic E-state index is 0.249. The number of furan rings is 1. The van der Waals surface area contributed by atoms with Crippen molar-refractivity contribution in [2.24, 2.45) is 0 Å². The molecule has 0 aromatic carbocycles. The Morgan fingerprint density at radius 1 is 1.37 bits per heavy atom. The quantitative estimate of drug-likeness (QED) is 0.856. The van der Waals surface area contributed by atoms with Crippen molar-refractivity contribution in [3.05, 3.63) is 48.1 Å². The molecule has 1 amide bonds. The molecule has 5 nitrogen and oxygen atoms in total. The van der Waals surface area contributed by atoms with Crippen LogP contribution in [0.15, 0.2) is 41.0 Å². The van der Waals surface area contributed by atoms with Crippen LogP contribution >= 0.6 is 0 Å². The lowest BCUT2D eigenvalue weighted by Gasteiger charge is -2.02. The Balaban J connectivity index is 1.95. The third-order valence-electron chi connectivity index (χ3n) is 2.37. The first-order valence-electron chi connectivity index (χ1n) is 5.73. The number of carbonyl (C=O) groups excluding carboxylic acids is 1. The zero-order valence-electron chi connectivity index (χ0n) is 10.7. The van der Waals surface area contributed by atoms with Crippen molar-refractivity contribution in [1.29, 1.82) is 0 Å². The van der Waals surface area contributed by atoms with E-state index in [-0.39, 0.29) is 5.91 Å². The maximum atomic E-state index is 11.6. The molecule has 2 aromatic rings. The maximum absolute atomic E-state index is 11.6. The monoisotopic (exact) mass is 258 g/mol. The lowest BCUT2D eigenvalue weighted by Crippen LogP contribution is -2.07. The van der Waals surface area contributed by atoms with E-state index in [0.29, 0.717) is 17.3 Å². The van der Waals surface area contributed by atoms with E-state index in [4.69, 9.17) is 9.15 Å². The highest BCUT2D eigenvalue weighted by Crippen LogP contribution is 2.11. The van der Waals surface area contributed by atoms with Gasteiger partial charge in [-0.3, -0.25) is 4.79 Å². The van der Waals surface area contributed by atoms with Gasteiger partial charge < -0.3 is 14.5 Å². The number of rotatable bonds is 4. The van der Waals surface area contributed by atoms with Crippen molar-refractivity contribution in [3.8, 4) is 5.88 Å². The summed E-state index contributed by atoms with van der Waals surface area (Å²) in [6.45, 7) is 1.85. The van der Waals surface area contributed by atoms with Crippen LogP contribution in [0.3, 0.4) is 0 Å². The second-order valence-electron chi connectivity index (χ2n) is 3.86. The first kappa shape index (κ1) is 12.9. The Bertz CT molecular complexity index is 585. The van der Waals surface area contributed by atoms with Gasteiger partial charge in [0.25, 0.3) is 0 Å². The molecule has 19 heavy (non-hydrogen) atoms. The molecule has 0 fully saturated rings. The number of anilines is 1. The average Bonchev–Trinajstić information content (AvgIpc) is 2.83. The van der Waals surface area contributed by atoms with Crippen LogP contribution in [0.1, 0.15) is 11.5 Å². The Labute approximate surface area is 110 Å². The summed E-state index contributed by atoms with van der Waals surface area (Å²) in [6, 6.07) is 7.03. The molecule has 1 N–H and O–H groups in total. The van der Waals surface area contributed by atoms with E-state index < -0.39 is 0 Å². The first-order chi connectivity index (χ1) is 9.17. The Morgan fingerprint density at radius 3 is 2.79 bits per heavy atom. The summed E-state index contributed by atoms with van der Waals surface area (Å²) in [6.07, 6.45) is 4.55. The fourth-order valence-electron chi connectivity index (χ4n) is 1.46. The summed E-state index contributed by atoms with van der Waals surface area (Å²) in [7, 11) is 1.54. The molecule has 0 saturated carbocycles. The maximum Gasteiger partial charge on any atom is 0.248 e. The van der Waals surface area contributed by atoms with E-state index in [1.807, 2.05) is 13.0 Å². The van der Waals surface area contributed by atoms with Gasteiger partial charge in [-0.2, -0.15) is 0 Å². The molecular formula is C14H14N2O3. The smallest absolute Gasteiger partial charge is 0.248 e. The lowest BCUT2D eigenvalue weighted by molar-refractivity contribution is -0.111. The molecular weight excluding hydrogens is 244 g/mol. The molecule has 0 saturated heterocycles. The van der Waals surface area contributed by atoms with Crippen LogP contribution in [-0.2, 0) is 4.79 Å². The fourth-order valence-corrected chi connectivity index (χ4v) is 1.46. The highest BCUT2D eigenvalue weighted by Gasteiger charge is 2.00. The number of amides is 1. The van der Waals surface area contributed by atoms with Crippen molar-refractivity contribution >= 4 is 17.7 Å². The minimum atomic E-state index is -0.249. The summed E-state index contributed by atoms with van der Waals surface area (Å²) in [5, 5.41) is 2.68. The van der Waals surface area contributed by atoms with Crippen LogP contribution in [0.25, 0.3) is 6.08 Å². The number of aryl methyl sites for hydroxylation is 1. The SMILES string of the molecule is COc1ccc(NC(=O)/C=C/c2ccc(C)o2)cn1. The van der Waals surface area contributed by atoms with Gasteiger partial charge in [-0.15, -0.1) is 0 Å². The molecule has 2 rings (SSSR count). The number of ether oxygens (including phenoxy) is 1. The molecule has 0 radical (unpaired) electrons. The number of carbonyl (C=O) groups is 1. The predicted molar refractivity (Wildman–Crippen MR) is 71.9 cm³/mol. The summed E-state index contributed by atoms with van der Waals surface area (Å²) < 4.78 is 10.3. The van der Waals surface area contributed by atoms with Gasteiger partial charge in [0, 0.05) is 12.1 Å². The summed E-state index contributed by atoms with van der Waals surface area (Å²) in [5.74, 6) is 1.69. The van der Waals surface area contributed by atoms with Crippen molar-refractivity contribution < 1.29 is 13.9 Å². The largest absolute Gasteiger partial charge is 0.481 e. The third-order valence-corrected chi connectivity index (χ3v) is 2.37. The zero-order valence-corrected chi connectivity index (χ0v) is 10.7. The topological polar surface area (TPSA) is 64.4 Å². The highest BCUT2D eigenvalue weighted by atomic mass is 16.5. The summed E-state index contributed by atoms with van der Waals surface area (Å²) in [5.41, 5.74) is 0.603. The van der Waals surface area contributed by atoms with Gasteiger partial charge in [-0.05, 0) is 31.2 Å². The van der Waals surface area contributed by atoms with E-state index in [1.165, 1.54) is 19.4 Å². The van der Waals surface area contributed by atoms with Crippen LogP contribution in [0.4, 0.5) is 5.69 Å². The second kappa shape index (κ2) is 5.86. The van der Waals surface area contributed by atoms with Crippen molar-refractivity contribution in [3.63, 3.8) is 0 Å². The predicted octanol–water partition coefficient (Wildman–Crippen LogP) is 2.64. The van der Waals surface area contributed by atoms with Crippen LogP contribution in [-0.4, -0.2) is 18.0 Å². The zero-order chi connectivity index (χ0) is 13.7. The molecule has 0 spiro atoms. The van der Waals surface area contributed by atoms with Crippen LogP contribution in [0.2, 0.25) is 0 Å². The van der Waals surface area contributed by atoms with Crippen molar-refractivity contribution in [2.45, 2.75) is 6.92 Å². The normalized spacial score (nSPS) is 10.6. The number of hydrogen-bond donors (Lipinski definition) is 1. The number of pyridine rings is 1. The van der Waals surface area contributed by atoms with E-state index in [9.17, 15) is 4.79 Å². The molecule has 2 heterocycles. The molecule has 98 valence electrons. The van der Waals surface area contributed by atoms with Crippen LogP contribution in [0, 0.1) is 6.92 Å². The number of methoxy groups -OCH3 is 1. The second-order valence-corrected chi connectivity index (χ2v) is 3.86. The van der Waals surface area contributed by atoms with Gasteiger partial charge in [0.15, 0.2) is 0 Å². The molecule has 0 atom stereocenters. The van der Waals surface area contributed by atoms with E-state index >= 15 is 0 Å². The number of nitrogens with zero attached hydrogens (tertiary/aromatic N) is 1. The van der Waals surface area contributed by atoms with Crippen molar-refractivity contribution in [2.75, 3.05) is 12.4 Å². The number of nitrogens with one attached hydrogen (secondary N) is 1. The van der Waals surface area contributed by atoms with Crippen LogP contribution in [0.5, 0.6) is 5.88 Å².